The lowest BCUT2D eigenvalue weighted by Gasteiger charge is -2.13. The van der Waals surface area contributed by atoms with E-state index in [1.54, 1.807) is 17.7 Å². The van der Waals surface area contributed by atoms with Crippen molar-refractivity contribution in [2.24, 2.45) is 0 Å². The summed E-state index contributed by atoms with van der Waals surface area (Å²) in [7, 11) is 0. The average Bonchev–Trinajstić information content (AvgIpc) is 2.57. The van der Waals surface area contributed by atoms with Crippen LogP contribution in [0.2, 0.25) is 0 Å². The number of anilines is 1. The number of carbonyl (C=O) groups excluding carboxylic acids is 1. The molecule has 0 bridgehead atoms. The summed E-state index contributed by atoms with van der Waals surface area (Å²) in [5.41, 5.74) is 9.26. The molecule has 0 saturated heterocycles. The number of nitrogens with one attached hydrogen (secondary N) is 2. The predicted molar refractivity (Wildman–Crippen MR) is 98.4 cm³/mol. The van der Waals surface area contributed by atoms with E-state index in [9.17, 15) is 9.59 Å². The van der Waals surface area contributed by atoms with Gasteiger partial charge in [0.25, 0.3) is 5.91 Å². The van der Waals surface area contributed by atoms with Gasteiger partial charge in [-0.2, -0.15) is 0 Å². The van der Waals surface area contributed by atoms with Gasteiger partial charge < -0.3 is 4.57 Å². The second kappa shape index (κ2) is 6.76. The van der Waals surface area contributed by atoms with E-state index in [1.165, 1.54) is 12.1 Å². The highest BCUT2D eigenvalue weighted by molar-refractivity contribution is 5.86. The molecule has 6 nitrogen and oxygen atoms in total. The SMILES string of the molecule is Cc1cc(NNC(=O)Cn2ccc(=O)cc2C)nc2c(C)cccc12. The molecule has 6 heteroatoms. The quantitative estimate of drug-likeness (QED) is 0.718. The fourth-order valence-corrected chi connectivity index (χ4v) is 2.75. The number of aryl methyl sites for hydroxylation is 3. The maximum absolute atomic E-state index is 12.1. The lowest BCUT2D eigenvalue weighted by Crippen LogP contribution is -2.33. The molecule has 0 saturated carbocycles. The van der Waals surface area contributed by atoms with Crippen molar-refractivity contribution in [3.8, 4) is 0 Å². The number of hydrogen-bond donors (Lipinski definition) is 2. The molecule has 0 aliphatic carbocycles. The van der Waals surface area contributed by atoms with Gasteiger partial charge in [0.05, 0.1) is 5.52 Å². The maximum Gasteiger partial charge on any atom is 0.258 e. The first-order valence-corrected chi connectivity index (χ1v) is 8.03. The van der Waals surface area contributed by atoms with Gasteiger partial charge in [0.2, 0.25) is 0 Å². The fourth-order valence-electron chi connectivity index (χ4n) is 2.75. The Labute approximate surface area is 145 Å². The van der Waals surface area contributed by atoms with E-state index in [0.29, 0.717) is 5.82 Å². The van der Waals surface area contributed by atoms with E-state index in [0.717, 1.165) is 27.7 Å². The van der Waals surface area contributed by atoms with Gasteiger partial charge in [-0.15, -0.1) is 0 Å². The monoisotopic (exact) mass is 336 g/mol. The molecule has 0 spiro atoms. The van der Waals surface area contributed by atoms with Gasteiger partial charge in [-0.05, 0) is 38.0 Å². The second-order valence-corrected chi connectivity index (χ2v) is 6.10. The normalized spacial score (nSPS) is 10.7. The van der Waals surface area contributed by atoms with Crippen molar-refractivity contribution >= 4 is 22.6 Å². The topological polar surface area (TPSA) is 76.0 Å². The standard InChI is InChI=1S/C19H20N4O2/c1-12-5-4-6-16-13(2)9-17(20-19(12)16)21-22-18(25)11-23-8-7-15(24)10-14(23)3/h4-10H,11H2,1-3H3,(H,20,21)(H,22,25). The zero-order valence-corrected chi connectivity index (χ0v) is 14.5. The lowest BCUT2D eigenvalue weighted by molar-refractivity contribution is -0.121. The van der Waals surface area contributed by atoms with Crippen molar-refractivity contribution in [2.75, 3.05) is 5.43 Å². The van der Waals surface area contributed by atoms with E-state index >= 15 is 0 Å². The molecule has 0 fully saturated rings. The molecule has 0 atom stereocenters. The molecule has 1 amide bonds. The zero-order chi connectivity index (χ0) is 18.0. The number of benzene rings is 1. The Kier molecular flexibility index (Phi) is 4.52. The molecule has 1 aromatic carbocycles. The van der Waals surface area contributed by atoms with Crippen molar-refractivity contribution in [3.63, 3.8) is 0 Å². The van der Waals surface area contributed by atoms with E-state index in [-0.39, 0.29) is 17.9 Å². The second-order valence-electron chi connectivity index (χ2n) is 6.10. The maximum atomic E-state index is 12.1. The summed E-state index contributed by atoms with van der Waals surface area (Å²) in [5.74, 6) is 0.361. The Balaban J connectivity index is 1.73. The molecular weight excluding hydrogens is 316 g/mol. The minimum atomic E-state index is -0.226. The van der Waals surface area contributed by atoms with Crippen LogP contribution in [-0.4, -0.2) is 15.5 Å². The summed E-state index contributed by atoms with van der Waals surface area (Å²) < 4.78 is 1.71. The highest BCUT2D eigenvalue weighted by atomic mass is 16.2. The average molecular weight is 336 g/mol. The molecule has 3 aromatic rings. The number of hydrazine groups is 1. The van der Waals surface area contributed by atoms with Crippen molar-refractivity contribution in [2.45, 2.75) is 27.3 Å². The number of carbonyl (C=O) groups is 1. The first-order chi connectivity index (χ1) is 11.9. The summed E-state index contributed by atoms with van der Waals surface area (Å²) in [4.78, 5) is 28.0. The largest absolute Gasteiger partial charge is 0.342 e. The summed E-state index contributed by atoms with van der Waals surface area (Å²) >= 11 is 0. The van der Waals surface area contributed by atoms with Crippen LogP contribution in [0.25, 0.3) is 10.9 Å². The van der Waals surface area contributed by atoms with Gasteiger partial charge in [0, 0.05) is 29.4 Å². The molecule has 3 rings (SSSR count). The Morgan fingerprint density at radius 1 is 1.12 bits per heavy atom. The van der Waals surface area contributed by atoms with Gasteiger partial charge in [-0.25, -0.2) is 4.98 Å². The minimum Gasteiger partial charge on any atom is -0.342 e. The van der Waals surface area contributed by atoms with E-state index in [2.05, 4.69) is 15.8 Å². The summed E-state index contributed by atoms with van der Waals surface area (Å²) in [5, 5.41) is 1.10. The van der Waals surface area contributed by atoms with Crippen LogP contribution in [0.5, 0.6) is 0 Å². The van der Waals surface area contributed by atoms with E-state index in [4.69, 9.17) is 0 Å². The van der Waals surface area contributed by atoms with Crippen LogP contribution in [0, 0.1) is 20.8 Å². The molecule has 128 valence electrons. The first-order valence-electron chi connectivity index (χ1n) is 8.03. The van der Waals surface area contributed by atoms with Gasteiger partial charge >= 0.3 is 0 Å². The number of para-hydroxylation sites is 1. The summed E-state index contributed by atoms with van der Waals surface area (Å²) in [6, 6.07) is 10.9. The smallest absolute Gasteiger partial charge is 0.258 e. The predicted octanol–water partition coefficient (Wildman–Crippen LogP) is 2.47. The molecule has 2 aromatic heterocycles. The fraction of sp³-hybridized carbons (Fsp3) is 0.211. The third kappa shape index (κ3) is 3.68. The van der Waals surface area contributed by atoms with Crippen LogP contribution >= 0.6 is 0 Å². The first kappa shape index (κ1) is 16.7. The molecule has 0 unspecified atom stereocenters. The van der Waals surface area contributed by atoms with Crippen LogP contribution in [0.3, 0.4) is 0 Å². The number of hydrogen-bond acceptors (Lipinski definition) is 4. The number of rotatable bonds is 4. The molecule has 2 heterocycles. The summed E-state index contributed by atoms with van der Waals surface area (Å²) in [6.45, 7) is 5.93. The highest BCUT2D eigenvalue weighted by Crippen LogP contribution is 2.22. The van der Waals surface area contributed by atoms with Crippen molar-refractivity contribution in [1.82, 2.24) is 15.0 Å². The Morgan fingerprint density at radius 3 is 2.68 bits per heavy atom. The Bertz CT molecular complexity index is 1010. The van der Waals surface area contributed by atoms with Crippen LogP contribution in [-0.2, 0) is 11.3 Å². The molecule has 0 aliphatic rings. The zero-order valence-electron chi connectivity index (χ0n) is 14.5. The van der Waals surface area contributed by atoms with Crippen LogP contribution in [0.4, 0.5) is 5.82 Å². The van der Waals surface area contributed by atoms with Gasteiger partial charge in [-0.3, -0.25) is 20.4 Å². The molecular formula is C19H20N4O2. The number of fused-ring (bicyclic) bond motifs is 1. The van der Waals surface area contributed by atoms with Gasteiger partial charge in [0.1, 0.15) is 12.4 Å². The van der Waals surface area contributed by atoms with Crippen LogP contribution in [0.15, 0.2) is 47.4 Å². The van der Waals surface area contributed by atoms with E-state index in [1.807, 2.05) is 38.1 Å². The van der Waals surface area contributed by atoms with Crippen molar-refractivity contribution in [3.05, 3.63) is 69.6 Å². The minimum absolute atomic E-state index is 0.0708. The Hall–Kier alpha value is -3.15. The number of pyridine rings is 2. The summed E-state index contributed by atoms with van der Waals surface area (Å²) in [6.07, 6.45) is 1.61. The number of aromatic nitrogens is 2. The molecule has 2 N–H and O–H groups in total. The van der Waals surface area contributed by atoms with Crippen LogP contribution < -0.4 is 16.3 Å². The molecule has 0 aliphatic heterocycles. The van der Waals surface area contributed by atoms with Gasteiger partial charge in [-0.1, -0.05) is 18.2 Å². The number of amides is 1. The van der Waals surface area contributed by atoms with Crippen molar-refractivity contribution < 1.29 is 4.79 Å². The molecule has 0 radical (unpaired) electrons. The highest BCUT2D eigenvalue weighted by Gasteiger charge is 2.07. The third-order valence-corrected chi connectivity index (χ3v) is 4.11. The van der Waals surface area contributed by atoms with Gasteiger partial charge in [0.15, 0.2) is 5.43 Å². The van der Waals surface area contributed by atoms with E-state index < -0.39 is 0 Å². The Morgan fingerprint density at radius 2 is 1.92 bits per heavy atom. The van der Waals surface area contributed by atoms with Crippen LogP contribution in [0.1, 0.15) is 16.8 Å². The third-order valence-electron chi connectivity index (χ3n) is 4.11. The van der Waals surface area contributed by atoms with Crippen molar-refractivity contribution in [1.29, 1.82) is 0 Å². The molecule has 25 heavy (non-hydrogen) atoms. The number of nitrogens with zero attached hydrogens (tertiary/aromatic N) is 2. The lowest BCUT2D eigenvalue weighted by atomic mass is 10.1.